The molecule has 0 fully saturated rings. The molecular formula is C14H19N3O5. The van der Waals surface area contributed by atoms with Gasteiger partial charge in [0, 0.05) is 32.8 Å². The Bertz CT molecular complexity index is 572. The standard InChI is InChI=1S/C14H19N3O5/c1-4-7-15-13(18)9-22-14(19)11-8-10(17(20)21)5-6-12(11)16(2)3/h5-6,8H,4,7,9H2,1-3H3,(H,15,18). The van der Waals surface area contributed by atoms with Crippen LogP contribution in [0.2, 0.25) is 0 Å². The lowest BCUT2D eigenvalue weighted by Crippen LogP contribution is -2.29. The van der Waals surface area contributed by atoms with Crippen LogP contribution in [0.25, 0.3) is 0 Å². The average molecular weight is 309 g/mol. The first kappa shape index (κ1) is 17.4. The highest BCUT2D eigenvalue weighted by atomic mass is 16.6. The summed E-state index contributed by atoms with van der Waals surface area (Å²) >= 11 is 0. The van der Waals surface area contributed by atoms with Gasteiger partial charge < -0.3 is 15.0 Å². The van der Waals surface area contributed by atoms with Crippen LogP contribution in [-0.4, -0.2) is 44.0 Å². The van der Waals surface area contributed by atoms with Gasteiger partial charge in [-0.15, -0.1) is 0 Å². The van der Waals surface area contributed by atoms with Crippen molar-refractivity contribution in [1.82, 2.24) is 5.32 Å². The van der Waals surface area contributed by atoms with Crippen LogP contribution in [-0.2, 0) is 9.53 Å². The third kappa shape index (κ3) is 4.72. The zero-order valence-electron chi connectivity index (χ0n) is 12.8. The summed E-state index contributed by atoms with van der Waals surface area (Å²) in [5, 5.41) is 13.4. The van der Waals surface area contributed by atoms with E-state index in [1.54, 1.807) is 19.0 Å². The number of nitrogens with one attached hydrogen (secondary N) is 1. The van der Waals surface area contributed by atoms with Crippen molar-refractivity contribution < 1.29 is 19.2 Å². The molecule has 0 radical (unpaired) electrons. The van der Waals surface area contributed by atoms with Gasteiger partial charge in [-0.25, -0.2) is 4.79 Å². The molecule has 120 valence electrons. The first-order valence-corrected chi connectivity index (χ1v) is 6.76. The minimum atomic E-state index is -0.779. The topological polar surface area (TPSA) is 102 Å². The maximum absolute atomic E-state index is 12.1. The van der Waals surface area contributed by atoms with Crippen molar-refractivity contribution in [1.29, 1.82) is 0 Å². The fraction of sp³-hybridized carbons (Fsp3) is 0.429. The van der Waals surface area contributed by atoms with Gasteiger partial charge in [0.25, 0.3) is 11.6 Å². The van der Waals surface area contributed by atoms with Gasteiger partial charge in [0.15, 0.2) is 6.61 Å². The van der Waals surface area contributed by atoms with E-state index >= 15 is 0 Å². The number of anilines is 1. The molecular weight excluding hydrogens is 290 g/mol. The van der Waals surface area contributed by atoms with Crippen LogP contribution in [0.1, 0.15) is 23.7 Å². The number of ether oxygens (including phenoxy) is 1. The van der Waals surface area contributed by atoms with Crippen molar-refractivity contribution >= 4 is 23.3 Å². The monoisotopic (exact) mass is 309 g/mol. The Labute approximate surface area is 128 Å². The molecule has 0 spiro atoms. The van der Waals surface area contributed by atoms with Crippen LogP contribution in [0.3, 0.4) is 0 Å². The van der Waals surface area contributed by atoms with E-state index < -0.39 is 23.4 Å². The van der Waals surface area contributed by atoms with Gasteiger partial charge in [0.1, 0.15) is 0 Å². The Morgan fingerprint density at radius 2 is 2.05 bits per heavy atom. The second-order valence-electron chi connectivity index (χ2n) is 4.78. The van der Waals surface area contributed by atoms with Crippen molar-refractivity contribution in [3.8, 4) is 0 Å². The number of benzene rings is 1. The number of carbonyl (C=O) groups excluding carboxylic acids is 2. The van der Waals surface area contributed by atoms with E-state index in [2.05, 4.69) is 5.32 Å². The third-order valence-corrected chi connectivity index (χ3v) is 2.80. The van der Waals surface area contributed by atoms with Crippen molar-refractivity contribution in [2.24, 2.45) is 0 Å². The lowest BCUT2D eigenvalue weighted by molar-refractivity contribution is -0.384. The number of nitro benzene ring substituents is 1. The Morgan fingerprint density at radius 3 is 2.59 bits per heavy atom. The molecule has 1 rings (SSSR count). The molecule has 0 aliphatic heterocycles. The predicted octanol–water partition coefficient (Wildman–Crippen LogP) is 1.34. The minimum absolute atomic E-state index is 0.0440. The second kappa shape index (κ2) is 7.96. The largest absolute Gasteiger partial charge is 0.452 e. The van der Waals surface area contributed by atoms with E-state index in [-0.39, 0.29) is 11.3 Å². The van der Waals surface area contributed by atoms with Crippen LogP contribution in [0.15, 0.2) is 18.2 Å². The van der Waals surface area contributed by atoms with Gasteiger partial charge in [0.05, 0.1) is 16.2 Å². The maximum atomic E-state index is 12.1. The lowest BCUT2D eigenvalue weighted by Gasteiger charge is -2.16. The molecule has 0 saturated heterocycles. The highest BCUT2D eigenvalue weighted by Gasteiger charge is 2.19. The predicted molar refractivity (Wildman–Crippen MR) is 81.0 cm³/mol. The molecule has 1 aromatic rings. The number of non-ortho nitro benzene ring substituents is 1. The quantitative estimate of drug-likeness (QED) is 0.463. The molecule has 1 N–H and O–H groups in total. The Kier molecular flexibility index (Phi) is 6.30. The van der Waals surface area contributed by atoms with E-state index in [0.29, 0.717) is 12.2 Å². The molecule has 0 atom stereocenters. The number of hydrogen-bond acceptors (Lipinski definition) is 6. The molecule has 0 heterocycles. The van der Waals surface area contributed by atoms with Crippen LogP contribution in [0, 0.1) is 10.1 Å². The molecule has 0 aromatic heterocycles. The molecule has 0 aliphatic rings. The highest BCUT2D eigenvalue weighted by molar-refractivity contribution is 5.97. The van der Waals surface area contributed by atoms with Crippen LogP contribution < -0.4 is 10.2 Å². The van der Waals surface area contributed by atoms with Crippen molar-refractivity contribution in [3.63, 3.8) is 0 Å². The fourth-order valence-corrected chi connectivity index (χ4v) is 1.72. The molecule has 1 amide bonds. The van der Waals surface area contributed by atoms with Crippen molar-refractivity contribution in [3.05, 3.63) is 33.9 Å². The Balaban J connectivity index is 2.88. The molecule has 0 saturated carbocycles. The van der Waals surface area contributed by atoms with E-state index in [9.17, 15) is 19.7 Å². The van der Waals surface area contributed by atoms with Gasteiger partial charge >= 0.3 is 5.97 Å². The number of hydrogen-bond donors (Lipinski definition) is 1. The normalized spacial score (nSPS) is 9.95. The Morgan fingerprint density at radius 1 is 1.36 bits per heavy atom. The number of carbonyl (C=O) groups is 2. The zero-order valence-corrected chi connectivity index (χ0v) is 12.8. The van der Waals surface area contributed by atoms with Crippen molar-refractivity contribution in [2.45, 2.75) is 13.3 Å². The number of esters is 1. The first-order chi connectivity index (χ1) is 10.4. The van der Waals surface area contributed by atoms with Crippen LogP contribution in [0.5, 0.6) is 0 Å². The second-order valence-corrected chi connectivity index (χ2v) is 4.78. The number of nitro groups is 1. The summed E-state index contributed by atoms with van der Waals surface area (Å²) in [6.07, 6.45) is 0.773. The smallest absolute Gasteiger partial charge is 0.341 e. The molecule has 0 aliphatic carbocycles. The summed E-state index contributed by atoms with van der Waals surface area (Å²) < 4.78 is 4.91. The van der Waals surface area contributed by atoms with E-state index in [1.807, 2.05) is 6.92 Å². The summed E-state index contributed by atoms with van der Waals surface area (Å²) in [7, 11) is 3.40. The summed E-state index contributed by atoms with van der Waals surface area (Å²) in [4.78, 5) is 35.4. The van der Waals surface area contributed by atoms with Gasteiger partial charge in [-0.3, -0.25) is 14.9 Å². The molecule has 8 nitrogen and oxygen atoms in total. The lowest BCUT2D eigenvalue weighted by atomic mass is 10.1. The van der Waals surface area contributed by atoms with Crippen molar-refractivity contribution in [2.75, 3.05) is 32.1 Å². The SMILES string of the molecule is CCCNC(=O)COC(=O)c1cc([N+](=O)[O-])ccc1N(C)C. The highest BCUT2D eigenvalue weighted by Crippen LogP contribution is 2.24. The van der Waals surface area contributed by atoms with E-state index in [0.717, 1.165) is 12.5 Å². The molecule has 0 bridgehead atoms. The maximum Gasteiger partial charge on any atom is 0.341 e. The van der Waals surface area contributed by atoms with E-state index in [1.165, 1.54) is 12.1 Å². The molecule has 8 heteroatoms. The van der Waals surface area contributed by atoms with Gasteiger partial charge in [0.2, 0.25) is 0 Å². The summed E-state index contributed by atoms with van der Waals surface area (Å²) in [6.45, 7) is 1.98. The van der Waals surface area contributed by atoms with Crippen LogP contribution in [0.4, 0.5) is 11.4 Å². The van der Waals surface area contributed by atoms with E-state index in [4.69, 9.17) is 4.74 Å². The van der Waals surface area contributed by atoms with Crippen LogP contribution >= 0.6 is 0 Å². The fourth-order valence-electron chi connectivity index (χ4n) is 1.72. The van der Waals surface area contributed by atoms with Gasteiger partial charge in [-0.2, -0.15) is 0 Å². The summed E-state index contributed by atoms with van der Waals surface area (Å²) in [5.41, 5.74) is 0.306. The Hall–Kier alpha value is -2.64. The molecule has 1 aromatic carbocycles. The number of rotatable bonds is 7. The minimum Gasteiger partial charge on any atom is -0.452 e. The van der Waals surface area contributed by atoms with Gasteiger partial charge in [-0.1, -0.05) is 6.92 Å². The first-order valence-electron chi connectivity index (χ1n) is 6.76. The summed E-state index contributed by atoms with van der Waals surface area (Å²) in [6, 6.07) is 3.91. The molecule has 22 heavy (non-hydrogen) atoms. The zero-order chi connectivity index (χ0) is 16.7. The number of amides is 1. The summed E-state index contributed by atoms with van der Waals surface area (Å²) in [5.74, 6) is -1.19. The molecule has 0 unspecified atom stereocenters. The third-order valence-electron chi connectivity index (χ3n) is 2.80. The van der Waals surface area contributed by atoms with Gasteiger partial charge in [-0.05, 0) is 12.5 Å². The average Bonchev–Trinajstić information content (AvgIpc) is 2.49. The number of nitrogens with zero attached hydrogens (tertiary/aromatic N) is 2.